The SMILES string of the molecule is COCc1cc(NCC2CCN(C(=O)C(F)(F)F)CC2)n2ncnc2n1. The van der Waals surface area contributed by atoms with Gasteiger partial charge in [-0.15, -0.1) is 0 Å². The Hall–Kier alpha value is -2.43. The summed E-state index contributed by atoms with van der Waals surface area (Å²) in [6.45, 7) is 1.10. The molecule has 142 valence electrons. The standard InChI is InChI=1S/C15H19F3N6O2/c1-26-8-11-6-12(24-14(22-11)20-9-21-24)19-7-10-2-4-23(5-3-10)13(25)15(16,17)18/h6,9-10,19H,2-5,7-8H2,1H3. The van der Waals surface area contributed by atoms with Crippen LogP contribution in [0.3, 0.4) is 0 Å². The molecular weight excluding hydrogens is 353 g/mol. The van der Waals surface area contributed by atoms with E-state index in [-0.39, 0.29) is 19.0 Å². The number of fused-ring (bicyclic) bond motifs is 1. The molecule has 0 radical (unpaired) electrons. The Morgan fingerprint density at radius 2 is 2.12 bits per heavy atom. The van der Waals surface area contributed by atoms with Gasteiger partial charge >= 0.3 is 12.1 Å². The number of piperidine rings is 1. The Labute approximate surface area is 147 Å². The molecule has 1 N–H and O–H groups in total. The molecule has 2 aromatic rings. The smallest absolute Gasteiger partial charge is 0.378 e. The van der Waals surface area contributed by atoms with Crippen LogP contribution >= 0.6 is 0 Å². The number of nitrogens with zero attached hydrogens (tertiary/aromatic N) is 5. The molecule has 0 aliphatic carbocycles. The maximum Gasteiger partial charge on any atom is 0.471 e. The van der Waals surface area contributed by atoms with Gasteiger partial charge in [-0.3, -0.25) is 4.79 Å². The maximum atomic E-state index is 12.5. The van der Waals surface area contributed by atoms with E-state index < -0.39 is 12.1 Å². The van der Waals surface area contributed by atoms with Crippen molar-refractivity contribution in [3.8, 4) is 0 Å². The second-order valence-corrected chi connectivity index (χ2v) is 6.15. The fourth-order valence-electron chi connectivity index (χ4n) is 2.98. The predicted octanol–water partition coefficient (Wildman–Crippen LogP) is 1.48. The second-order valence-electron chi connectivity index (χ2n) is 6.15. The molecule has 0 aromatic carbocycles. The van der Waals surface area contributed by atoms with E-state index in [4.69, 9.17) is 4.74 Å². The van der Waals surface area contributed by atoms with Crippen molar-refractivity contribution in [1.29, 1.82) is 0 Å². The Morgan fingerprint density at radius 1 is 1.38 bits per heavy atom. The minimum Gasteiger partial charge on any atom is -0.378 e. The number of ether oxygens (including phenoxy) is 1. The van der Waals surface area contributed by atoms with E-state index in [1.54, 1.807) is 17.7 Å². The maximum absolute atomic E-state index is 12.5. The second kappa shape index (κ2) is 7.44. The number of rotatable bonds is 5. The monoisotopic (exact) mass is 372 g/mol. The van der Waals surface area contributed by atoms with Crippen LogP contribution in [0.15, 0.2) is 12.4 Å². The number of likely N-dealkylation sites (tertiary alicyclic amines) is 1. The molecule has 0 atom stereocenters. The summed E-state index contributed by atoms with van der Waals surface area (Å²) >= 11 is 0. The summed E-state index contributed by atoms with van der Waals surface area (Å²) in [6, 6.07) is 1.80. The van der Waals surface area contributed by atoms with Gasteiger partial charge < -0.3 is 15.0 Å². The van der Waals surface area contributed by atoms with Gasteiger partial charge in [0.05, 0.1) is 12.3 Å². The zero-order valence-electron chi connectivity index (χ0n) is 14.2. The largest absolute Gasteiger partial charge is 0.471 e. The van der Waals surface area contributed by atoms with Crippen molar-refractivity contribution in [2.75, 3.05) is 32.1 Å². The van der Waals surface area contributed by atoms with Gasteiger partial charge in [-0.1, -0.05) is 0 Å². The van der Waals surface area contributed by atoms with Gasteiger partial charge in [-0.05, 0) is 18.8 Å². The minimum atomic E-state index is -4.81. The van der Waals surface area contributed by atoms with E-state index in [2.05, 4.69) is 20.4 Å². The fourth-order valence-corrected chi connectivity index (χ4v) is 2.98. The molecule has 0 spiro atoms. The lowest BCUT2D eigenvalue weighted by atomic mass is 9.96. The van der Waals surface area contributed by atoms with Crippen LogP contribution in [-0.2, 0) is 16.1 Å². The molecule has 11 heteroatoms. The summed E-state index contributed by atoms with van der Waals surface area (Å²) in [5, 5.41) is 7.36. The molecule has 3 rings (SSSR count). The van der Waals surface area contributed by atoms with E-state index >= 15 is 0 Å². The van der Waals surface area contributed by atoms with Gasteiger partial charge in [0.25, 0.3) is 5.78 Å². The first-order valence-electron chi connectivity index (χ1n) is 8.17. The van der Waals surface area contributed by atoms with E-state index in [0.29, 0.717) is 43.3 Å². The highest BCUT2D eigenvalue weighted by atomic mass is 19.4. The average Bonchev–Trinajstić information content (AvgIpc) is 3.07. The minimum absolute atomic E-state index is 0.106. The summed E-state index contributed by atoms with van der Waals surface area (Å²) in [4.78, 5) is 20.5. The third-order valence-corrected chi connectivity index (χ3v) is 4.31. The third-order valence-electron chi connectivity index (χ3n) is 4.31. The first-order valence-corrected chi connectivity index (χ1v) is 8.17. The number of amides is 1. The van der Waals surface area contributed by atoms with Gasteiger partial charge in [-0.2, -0.15) is 27.8 Å². The molecule has 1 aliphatic rings. The van der Waals surface area contributed by atoms with Crippen molar-refractivity contribution in [3.05, 3.63) is 18.1 Å². The predicted molar refractivity (Wildman–Crippen MR) is 85.3 cm³/mol. The highest BCUT2D eigenvalue weighted by molar-refractivity contribution is 5.81. The molecule has 1 amide bonds. The Balaban J connectivity index is 1.60. The van der Waals surface area contributed by atoms with Crippen molar-refractivity contribution >= 4 is 17.5 Å². The molecular formula is C15H19F3N6O2. The number of hydrogen-bond donors (Lipinski definition) is 1. The van der Waals surface area contributed by atoms with Crippen LogP contribution in [0.1, 0.15) is 18.5 Å². The molecule has 1 aliphatic heterocycles. The van der Waals surface area contributed by atoms with Crippen molar-refractivity contribution in [2.24, 2.45) is 5.92 Å². The lowest BCUT2D eigenvalue weighted by Gasteiger charge is -2.32. The fraction of sp³-hybridized carbons (Fsp3) is 0.600. The van der Waals surface area contributed by atoms with Crippen molar-refractivity contribution in [3.63, 3.8) is 0 Å². The Morgan fingerprint density at radius 3 is 2.77 bits per heavy atom. The van der Waals surface area contributed by atoms with E-state index in [9.17, 15) is 18.0 Å². The van der Waals surface area contributed by atoms with Gasteiger partial charge in [0.2, 0.25) is 0 Å². The molecule has 8 nitrogen and oxygen atoms in total. The lowest BCUT2D eigenvalue weighted by molar-refractivity contribution is -0.186. The van der Waals surface area contributed by atoms with Gasteiger partial charge in [-0.25, -0.2) is 4.98 Å². The summed E-state index contributed by atoms with van der Waals surface area (Å²) in [5.74, 6) is -0.475. The summed E-state index contributed by atoms with van der Waals surface area (Å²) in [6.07, 6.45) is -2.40. The van der Waals surface area contributed by atoms with E-state index in [1.807, 2.05) is 0 Å². The molecule has 0 bridgehead atoms. The average molecular weight is 372 g/mol. The number of carbonyl (C=O) groups is 1. The third kappa shape index (κ3) is 4.03. The normalized spacial score (nSPS) is 16.2. The van der Waals surface area contributed by atoms with Crippen LogP contribution in [0, 0.1) is 5.92 Å². The highest BCUT2D eigenvalue weighted by Gasteiger charge is 2.43. The first-order chi connectivity index (χ1) is 12.4. The molecule has 0 unspecified atom stereocenters. The Bertz CT molecular complexity index is 770. The molecule has 0 saturated carbocycles. The highest BCUT2D eigenvalue weighted by Crippen LogP contribution is 2.24. The van der Waals surface area contributed by atoms with Crippen molar-refractivity contribution in [1.82, 2.24) is 24.5 Å². The van der Waals surface area contributed by atoms with Gasteiger partial charge in [0, 0.05) is 32.8 Å². The lowest BCUT2D eigenvalue weighted by Crippen LogP contribution is -2.46. The van der Waals surface area contributed by atoms with Crippen LogP contribution in [0.25, 0.3) is 5.78 Å². The molecule has 1 fully saturated rings. The first kappa shape index (κ1) is 18.4. The molecule has 2 aromatic heterocycles. The van der Waals surface area contributed by atoms with Crippen LogP contribution in [0.2, 0.25) is 0 Å². The molecule has 3 heterocycles. The van der Waals surface area contributed by atoms with Crippen LogP contribution < -0.4 is 5.32 Å². The molecule has 26 heavy (non-hydrogen) atoms. The number of anilines is 1. The number of carbonyl (C=O) groups excluding carboxylic acids is 1. The number of methoxy groups -OCH3 is 1. The quantitative estimate of drug-likeness (QED) is 0.856. The zero-order valence-corrected chi connectivity index (χ0v) is 14.2. The van der Waals surface area contributed by atoms with Crippen LogP contribution in [-0.4, -0.2) is 63.3 Å². The number of hydrogen-bond acceptors (Lipinski definition) is 6. The van der Waals surface area contributed by atoms with E-state index in [1.165, 1.54) is 6.33 Å². The van der Waals surface area contributed by atoms with Gasteiger partial charge in [0.15, 0.2) is 0 Å². The van der Waals surface area contributed by atoms with Crippen LogP contribution in [0.5, 0.6) is 0 Å². The van der Waals surface area contributed by atoms with Crippen molar-refractivity contribution in [2.45, 2.75) is 25.6 Å². The van der Waals surface area contributed by atoms with Crippen LogP contribution in [0.4, 0.5) is 19.0 Å². The topological polar surface area (TPSA) is 84.7 Å². The van der Waals surface area contributed by atoms with E-state index in [0.717, 1.165) is 4.90 Å². The summed E-state index contributed by atoms with van der Waals surface area (Å²) < 4.78 is 44.1. The number of nitrogens with one attached hydrogen (secondary N) is 1. The number of alkyl halides is 3. The number of halogens is 3. The summed E-state index contributed by atoms with van der Waals surface area (Å²) in [5.41, 5.74) is 0.695. The number of aromatic nitrogens is 4. The Kier molecular flexibility index (Phi) is 5.25. The molecule has 1 saturated heterocycles. The van der Waals surface area contributed by atoms with Crippen molar-refractivity contribution < 1.29 is 22.7 Å². The zero-order chi connectivity index (χ0) is 18.7. The summed E-state index contributed by atoms with van der Waals surface area (Å²) in [7, 11) is 1.57. The van der Waals surface area contributed by atoms with Gasteiger partial charge in [0.1, 0.15) is 12.1 Å².